The Kier molecular flexibility index (Phi) is 5.73. The Labute approximate surface area is 156 Å². The van der Waals surface area contributed by atoms with E-state index in [0.29, 0.717) is 31.4 Å². The van der Waals surface area contributed by atoms with Gasteiger partial charge in [0.25, 0.3) is 5.91 Å². The van der Waals surface area contributed by atoms with Gasteiger partial charge in [-0.25, -0.2) is 4.98 Å². The Balaban J connectivity index is 1.49. The van der Waals surface area contributed by atoms with Crippen molar-refractivity contribution in [2.45, 2.75) is 51.8 Å². The van der Waals surface area contributed by atoms with Crippen molar-refractivity contribution in [1.82, 2.24) is 20.6 Å². The summed E-state index contributed by atoms with van der Waals surface area (Å²) in [6.07, 6.45) is 4.14. The number of thiazole rings is 1. The molecular formula is C18H24N4O3S. The summed E-state index contributed by atoms with van der Waals surface area (Å²) in [5.74, 6) is -0.501. The average molecular weight is 376 g/mol. The minimum Gasteiger partial charge on any atom is -0.391 e. The number of nitrogens with zero attached hydrogens (tertiary/aromatic N) is 1. The number of carbonyl (C=O) groups excluding carboxylic acids is 2. The molecule has 140 valence electrons. The standard InChI is InChI=1S/C18H24N4O3S/c1-10-16(26-11(2)21-10)9-20-17(24)12-3-4-14(15(23)7-12)22-18(25)13-5-6-19-8-13/h5-6,8,12,14-15,19,23H,3-4,7,9H2,1-2H3,(H,20,24)(H,22,25)/t12-,14+,15+/m0/s1. The largest absolute Gasteiger partial charge is 0.391 e. The number of aliphatic hydroxyl groups excluding tert-OH is 1. The van der Waals surface area contributed by atoms with Crippen molar-refractivity contribution < 1.29 is 14.7 Å². The van der Waals surface area contributed by atoms with E-state index in [1.807, 2.05) is 13.8 Å². The predicted molar refractivity (Wildman–Crippen MR) is 98.8 cm³/mol. The zero-order valence-electron chi connectivity index (χ0n) is 14.9. The first kappa shape index (κ1) is 18.6. The van der Waals surface area contributed by atoms with Crippen LogP contribution in [-0.4, -0.2) is 39.0 Å². The highest BCUT2D eigenvalue weighted by molar-refractivity contribution is 7.11. The third-order valence-electron chi connectivity index (χ3n) is 4.79. The minimum absolute atomic E-state index is 0.0510. The van der Waals surface area contributed by atoms with E-state index in [9.17, 15) is 14.7 Å². The van der Waals surface area contributed by atoms with Crippen LogP contribution in [0.15, 0.2) is 18.5 Å². The van der Waals surface area contributed by atoms with E-state index in [-0.39, 0.29) is 23.8 Å². The van der Waals surface area contributed by atoms with Crippen LogP contribution in [0.2, 0.25) is 0 Å². The fraction of sp³-hybridized carbons (Fsp3) is 0.500. The third kappa shape index (κ3) is 4.31. The Bertz CT molecular complexity index is 772. The molecular weight excluding hydrogens is 352 g/mol. The first-order chi connectivity index (χ1) is 12.4. The van der Waals surface area contributed by atoms with Crippen LogP contribution in [0.25, 0.3) is 0 Å². The second-order valence-electron chi connectivity index (χ2n) is 6.72. The zero-order valence-corrected chi connectivity index (χ0v) is 15.7. The number of nitrogens with one attached hydrogen (secondary N) is 3. The molecule has 0 bridgehead atoms. The normalized spacial score (nSPS) is 22.8. The van der Waals surface area contributed by atoms with E-state index >= 15 is 0 Å². The van der Waals surface area contributed by atoms with Gasteiger partial charge < -0.3 is 20.7 Å². The van der Waals surface area contributed by atoms with Gasteiger partial charge in [0.1, 0.15) is 0 Å². The molecule has 2 aromatic heterocycles. The van der Waals surface area contributed by atoms with Crippen molar-refractivity contribution in [2.75, 3.05) is 0 Å². The Morgan fingerprint density at radius 1 is 1.38 bits per heavy atom. The summed E-state index contributed by atoms with van der Waals surface area (Å²) < 4.78 is 0. The Morgan fingerprint density at radius 3 is 2.81 bits per heavy atom. The summed E-state index contributed by atoms with van der Waals surface area (Å²) in [6, 6.07) is 1.36. The lowest BCUT2D eigenvalue weighted by Gasteiger charge is -2.32. The molecule has 2 amide bonds. The summed E-state index contributed by atoms with van der Waals surface area (Å²) in [6.45, 7) is 4.35. The van der Waals surface area contributed by atoms with E-state index in [0.717, 1.165) is 15.6 Å². The maximum absolute atomic E-state index is 12.4. The Morgan fingerprint density at radius 2 is 2.19 bits per heavy atom. The van der Waals surface area contributed by atoms with Crippen LogP contribution in [0.5, 0.6) is 0 Å². The quantitative estimate of drug-likeness (QED) is 0.637. The summed E-state index contributed by atoms with van der Waals surface area (Å²) in [5, 5.41) is 17.1. The van der Waals surface area contributed by atoms with Gasteiger partial charge in [-0.05, 0) is 39.2 Å². The maximum Gasteiger partial charge on any atom is 0.253 e. The molecule has 26 heavy (non-hydrogen) atoms. The van der Waals surface area contributed by atoms with Gasteiger partial charge in [0.2, 0.25) is 5.91 Å². The summed E-state index contributed by atoms with van der Waals surface area (Å²) in [4.78, 5) is 32.8. The van der Waals surface area contributed by atoms with Crippen LogP contribution in [0, 0.1) is 19.8 Å². The maximum atomic E-state index is 12.4. The molecule has 0 aromatic carbocycles. The molecule has 0 unspecified atom stereocenters. The van der Waals surface area contributed by atoms with E-state index in [1.165, 1.54) is 0 Å². The van der Waals surface area contributed by atoms with Crippen molar-refractivity contribution >= 4 is 23.2 Å². The third-order valence-corrected chi connectivity index (χ3v) is 5.86. The van der Waals surface area contributed by atoms with Gasteiger partial charge in [0, 0.05) is 23.2 Å². The highest BCUT2D eigenvalue weighted by Crippen LogP contribution is 2.26. The number of carbonyl (C=O) groups is 2. The molecule has 3 rings (SSSR count). The molecule has 1 aliphatic rings. The predicted octanol–water partition coefficient (Wildman–Crippen LogP) is 1.66. The minimum atomic E-state index is -0.727. The lowest BCUT2D eigenvalue weighted by atomic mass is 9.83. The molecule has 7 nitrogen and oxygen atoms in total. The molecule has 4 N–H and O–H groups in total. The van der Waals surface area contributed by atoms with Crippen LogP contribution in [0.4, 0.5) is 0 Å². The Hall–Kier alpha value is -2.19. The molecule has 0 saturated heterocycles. The van der Waals surface area contributed by atoms with E-state index in [2.05, 4.69) is 20.6 Å². The highest BCUT2D eigenvalue weighted by atomic mass is 32.1. The lowest BCUT2D eigenvalue weighted by molar-refractivity contribution is -0.127. The van der Waals surface area contributed by atoms with Gasteiger partial charge in [0.15, 0.2) is 0 Å². The van der Waals surface area contributed by atoms with Crippen LogP contribution < -0.4 is 10.6 Å². The molecule has 0 radical (unpaired) electrons. The molecule has 8 heteroatoms. The number of rotatable bonds is 5. The second kappa shape index (κ2) is 8.01. The second-order valence-corrected chi connectivity index (χ2v) is 8.00. The van der Waals surface area contributed by atoms with E-state index < -0.39 is 6.10 Å². The van der Waals surface area contributed by atoms with Crippen molar-refractivity contribution in [3.63, 3.8) is 0 Å². The number of amides is 2. The number of aryl methyl sites for hydroxylation is 2. The van der Waals surface area contributed by atoms with Crippen LogP contribution in [0.3, 0.4) is 0 Å². The number of H-pyrrole nitrogens is 1. The van der Waals surface area contributed by atoms with Gasteiger partial charge in [-0.1, -0.05) is 0 Å². The van der Waals surface area contributed by atoms with Crippen molar-refractivity contribution in [1.29, 1.82) is 0 Å². The fourth-order valence-electron chi connectivity index (χ4n) is 3.32. The number of aromatic nitrogens is 2. The molecule has 1 fully saturated rings. The van der Waals surface area contributed by atoms with Gasteiger partial charge in [0.05, 0.1) is 35.0 Å². The van der Waals surface area contributed by atoms with Crippen molar-refractivity contribution in [2.24, 2.45) is 5.92 Å². The molecule has 2 heterocycles. The zero-order chi connectivity index (χ0) is 18.7. The molecule has 3 atom stereocenters. The van der Waals surface area contributed by atoms with E-state index in [1.54, 1.807) is 29.8 Å². The number of hydrogen-bond acceptors (Lipinski definition) is 5. The first-order valence-electron chi connectivity index (χ1n) is 8.76. The van der Waals surface area contributed by atoms with Gasteiger partial charge in [-0.3, -0.25) is 9.59 Å². The topological polar surface area (TPSA) is 107 Å². The highest BCUT2D eigenvalue weighted by Gasteiger charge is 2.33. The molecule has 0 aliphatic heterocycles. The summed E-state index contributed by atoms with van der Waals surface area (Å²) in [7, 11) is 0. The molecule has 2 aromatic rings. The summed E-state index contributed by atoms with van der Waals surface area (Å²) >= 11 is 1.58. The van der Waals surface area contributed by atoms with Gasteiger partial charge in [-0.15, -0.1) is 11.3 Å². The molecule has 0 spiro atoms. The summed E-state index contributed by atoms with van der Waals surface area (Å²) in [5.41, 5.74) is 1.48. The fourth-order valence-corrected chi connectivity index (χ4v) is 4.20. The van der Waals surface area contributed by atoms with Crippen molar-refractivity contribution in [3.8, 4) is 0 Å². The first-order valence-corrected chi connectivity index (χ1v) is 9.58. The number of aliphatic hydroxyl groups is 1. The number of aromatic amines is 1. The molecule has 1 aliphatic carbocycles. The SMILES string of the molecule is Cc1nc(C)c(CNC(=O)[C@H]2CC[C@@H](NC(=O)c3cc[nH]c3)[C@H](O)C2)s1. The monoisotopic (exact) mass is 376 g/mol. The van der Waals surface area contributed by atoms with Crippen LogP contribution in [0.1, 0.15) is 45.2 Å². The van der Waals surface area contributed by atoms with Crippen LogP contribution >= 0.6 is 11.3 Å². The lowest BCUT2D eigenvalue weighted by Crippen LogP contribution is -2.48. The average Bonchev–Trinajstić information content (AvgIpc) is 3.24. The smallest absolute Gasteiger partial charge is 0.253 e. The van der Waals surface area contributed by atoms with Gasteiger partial charge in [-0.2, -0.15) is 0 Å². The van der Waals surface area contributed by atoms with Gasteiger partial charge >= 0.3 is 0 Å². The molecule has 1 saturated carbocycles. The van der Waals surface area contributed by atoms with Crippen LogP contribution in [-0.2, 0) is 11.3 Å². The number of hydrogen-bond donors (Lipinski definition) is 4. The van der Waals surface area contributed by atoms with E-state index in [4.69, 9.17) is 0 Å². The van der Waals surface area contributed by atoms with Crippen molar-refractivity contribution in [3.05, 3.63) is 39.6 Å².